The summed E-state index contributed by atoms with van der Waals surface area (Å²) in [7, 11) is 3.37. The highest BCUT2D eigenvalue weighted by Crippen LogP contribution is 2.05. The van der Waals surface area contributed by atoms with Gasteiger partial charge in [-0.25, -0.2) is 0 Å². The van der Waals surface area contributed by atoms with E-state index in [0.29, 0.717) is 0 Å². The van der Waals surface area contributed by atoms with Gasteiger partial charge in [0.1, 0.15) is 0 Å². The molecule has 0 bridgehead atoms. The zero-order chi connectivity index (χ0) is 14.9. The molecule has 0 rings (SSSR count). The Hall–Kier alpha value is -1.58. The van der Waals surface area contributed by atoms with Crippen molar-refractivity contribution in [2.75, 3.05) is 14.1 Å². The molecule has 0 saturated heterocycles. The molecule has 0 spiro atoms. The highest BCUT2D eigenvalue weighted by Gasteiger charge is 2.16. The average molecular weight is 254 g/mol. The minimum absolute atomic E-state index is 0.00926. The van der Waals surface area contributed by atoms with Crippen molar-refractivity contribution < 1.29 is 9.59 Å². The van der Waals surface area contributed by atoms with E-state index in [2.05, 4.69) is 13.2 Å². The highest BCUT2D eigenvalue weighted by molar-refractivity contribution is 5.87. The van der Waals surface area contributed by atoms with Crippen LogP contribution in [0.25, 0.3) is 0 Å². The van der Waals surface area contributed by atoms with Gasteiger partial charge >= 0.3 is 0 Å². The van der Waals surface area contributed by atoms with Crippen molar-refractivity contribution in [1.29, 1.82) is 0 Å². The lowest BCUT2D eigenvalue weighted by molar-refractivity contribution is -0.129. The van der Waals surface area contributed by atoms with Crippen LogP contribution in [0.3, 0.4) is 0 Å². The molecular weight excluding hydrogens is 228 g/mol. The van der Waals surface area contributed by atoms with Gasteiger partial charge < -0.3 is 9.80 Å². The van der Waals surface area contributed by atoms with Crippen LogP contribution in [0.2, 0.25) is 0 Å². The molecule has 0 aliphatic heterocycles. The molecule has 18 heavy (non-hydrogen) atoms. The normalized spacial score (nSPS) is 9.33. The topological polar surface area (TPSA) is 40.6 Å². The summed E-state index contributed by atoms with van der Waals surface area (Å²) in [5, 5.41) is 0. The summed E-state index contributed by atoms with van der Waals surface area (Å²) in [6.07, 6.45) is 2.64. The van der Waals surface area contributed by atoms with Crippen molar-refractivity contribution in [2.24, 2.45) is 0 Å². The van der Waals surface area contributed by atoms with Gasteiger partial charge in [-0.05, 0) is 39.8 Å². The molecule has 0 aromatic heterocycles. The lowest BCUT2D eigenvalue weighted by atomic mass is 10.2. The maximum Gasteiger partial charge on any atom is 0.246 e. The fourth-order valence-electron chi connectivity index (χ4n) is 1.39. The Morgan fingerprint density at radius 1 is 0.889 bits per heavy atom. The van der Waals surface area contributed by atoms with Crippen molar-refractivity contribution in [3.8, 4) is 0 Å². The van der Waals surface area contributed by atoms with Crippen LogP contribution in [0, 0.1) is 0 Å². The van der Waals surface area contributed by atoms with Gasteiger partial charge in [0.05, 0.1) is 0 Å². The Bertz CT molecular complexity index is 286. The van der Waals surface area contributed by atoms with E-state index in [1.165, 1.54) is 17.1 Å². The number of likely N-dealkylation sites (N-methyl/N-ethyl adjacent to an activating group) is 1. The summed E-state index contributed by atoms with van der Waals surface area (Å²) in [5.74, 6) is -0.0463. The van der Waals surface area contributed by atoms with Crippen molar-refractivity contribution in [3.05, 3.63) is 25.3 Å². The SMILES string of the molecule is C=CC(=O)N(C(C)C)C(C)C.C=CC(=O)N(C)C. The van der Waals surface area contributed by atoms with Crippen molar-refractivity contribution >= 4 is 11.8 Å². The molecule has 0 aromatic rings. The molecule has 0 aliphatic rings. The van der Waals surface area contributed by atoms with E-state index in [1.54, 1.807) is 19.0 Å². The zero-order valence-corrected chi connectivity index (χ0v) is 12.4. The first-order valence-electron chi connectivity index (χ1n) is 5.97. The predicted molar refractivity (Wildman–Crippen MR) is 76.2 cm³/mol. The number of nitrogens with zero attached hydrogens (tertiary/aromatic N) is 2. The average Bonchev–Trinajstić information content (AvgIpc) is 2.27. The second-order valence-electron chi connectivity index (χ2n) is 4.57. The van der Waals surface area contributed by atoms with Gasteiger partial charge in [-0.3, -0.25) is 9.59 Å². The zero-order valence-electron chi connectivity index (χ0n) is 12.4. The lowest BCUT2D eigenvalue weighted by Crippen LogP contribution is -2.40. The molecule has 0 aliphatic carbocycles. The summed E-state index contributed by atoms with van der Waals surface area (Å²) in [6.45, 7) is 14.8. The van der Waals surface area contributed by atoms with E-state index in [-0.39, 0.29) is 23.9 Å². The molecule has 0 radical (unpaired) electrons. The third-order valence-electron chi connectivity index (χ3n) is 2.16. The van der Waals surface area contributed by atoms with Crippen LogP contribution in [0.15, 0.2) is 25.3 Å². The van der Waals surface area contributed by atoms with E-state index < -0.39 is 0 Å². The van der Waals surface area contributed by atoms with Crippen molar-refractivity contribution in [1.82, 2.24) is 9.80 Å². The Labute approximate surface area is 111 Å². The van der Waals surface area contributed by atoms with Gasteiger partial charge in [-0.15, -0.1) is 0 Å². The Balaban J connectivity index is 0. The van der Waals surface area contributed by atoms with Gasteiger partial charge in [-0.1, -0.05) is 13.2 Å². The maximum atomic E-state index is 11.2. The molecule has 0 unspecified atom stereocenters. The summed E-state index contributed by atoms with van der Waals surface area (Å²) in [5.41, 5.74) is 0. The highest BCUT2D eigenvalue weighted by atomic mass is 16.2. The molecular formula is C14H26N2O2. The van der Waals surface area contributed by atoms with Crippen LogP contribution in [0.4, 0.5) is 0 Å². The number of amides is 2. The molecule has 4 nitrogen and oxygen atoms in total. The Morgan fingerprint density at radius 2 is 1.22 bits per heavy atom. The number of hydrogen-bond donors (Lipinski definition) is 0. The van der Waals surface area contributed by atoms with Gasteiger partial charge in [0.15, 0.2) is 0 Å². The third-order valence-corrected chi connectivity index (χ3v) is 2.16. The summed E-state index contributed by atoms with van der Waals surface area (Å²) in [4.78, 5) is 24.8. The van der Waals surface area contributed by atoms with Crippen LogP contribution in [-0.2, 0) is 9.59 Å². The molecule has 0 heterocycles. The van der Waals surface area contributed by atoms with Crippen LogP contribution in [0.1, 0.15) is 27.7 Å². The van der Waals surface area contributed by atoms with Crippen LogP contribution in [-0.4, -0.2) is 47.8 Å². The largest absolute Gasteiger partial charge is 0.345 e. The van der Waals surface area contributed by atoms with Crippen LogP contribution < -0.4 is 0 Å². The Morgan fingerprint density at radius 3 is 1.28 bits per heavy atom. The molecule has 104 valence electrons. The monoisotopic (exact) mass is 254 g/mol. The standard InChI is InChI=1S/C9H17NO.C5H9NO/c1-6-9(11)10(7(2)3)8(4)5;1-4-5(7)6(2)3/h6-8H,1H2,2-5H3;4H,1H2,2-3H3. The molecule has 2 amide bonds. The molecule has 0 saturated carbocycles. The van der Waals surface area contributed by atoms with E-state index >= 15 is 0 Å². The van der Waals surface area contributed by atoms with Gasteiger partial charge in [0, 0.05) is 26.2 Å². The number of rotatable bonds is 4. The maximum absolute atomic E-state index is 11.2. The second-order valence-corrected chi connectivity index (χ2v) is 4.57. The number of carbonyl (C=O) groups excluding carboxylic acids is 2. The van der Waals surface area contributed by atoms with E-state index in [0.717, 1.165) is 0 Å². The first kappa shape index (κ1) is 18.8. The molecule has 0 fully saturated rings. The first-order chi connectivity index (χ1) is 8.18. The molecule has 0 N–H and O–H groups in total. The van der Waals surface area contributed by atoms with E-state index in [4.69, 9.17) is 0 Å². The predicted octanol–water partition coefficient (Wildman–Crippen LogP) is 2.08. The summed E-state index contributed by atoms with van der Waals surface area (Å²) >= 11 is 0. The lowest BCUT2D eigenvalue weighted by Gasteiger charge is -2.29. The van der Waals surface area contributed by atoms with E-state index in [1.807, 2.05) is 27.7 Å². The second kappa shape index (κ2) is 9.45. The van der Waals surface area contributed by atoms with Crippen LogP contribution >= 0.6 is 0 Å². The number of hydrogen-bond acceptors (Lipinski definition) is 2. The molecule has 0 aromatic carbocycles. The van der Waals surface area contributed by atoms with Crippen molar-refractivity contribution in [2.45, 2.75) is 39.8 Å². The van der Waals surface area contributed by atoms with Gasteiger partial charge in [0.2, 0.25) is 11.8 Å². The first-order valence-corrected chi connectivity index (χ1v) is 5.97. The fraction of sp³-hybridized carbons (Fsp3) is 0.571. The minimum Gasteiger partial charge on any atom is -0.345 e. The Kier molecular flexibility index (Phi) is 9.86. The third kappa shape index (κ3) is 7.65. The van der Waals surface area contributed by atoms with Crippen LogP contribution in [0.5, 0.6) is 0 Å². The van der Waals surface area contributed by atoms with Gasteiger partial charge in [0.25, 0.3) is 0 Å². The molecule has 4 heteroatoms. The van der Waals surface area contributed by atoms with E-state index in [9.17, 15) is 9.59 Å². The fourth-order valence-corrected chi connectivity index (χ4v) is 1.39. The molecule has 0 atom stereocenters. The summed E-state index contributed by atoms with van der Waals surface area (Å²) < 4.78 is 0. The minimum atomic E-state index is -0.0556. The smallest absolute Gasteiger partial charge is 0.246 e. The van der Waals surface area contributed by atoms with Gasteiger partial charge in [-0.2, -0.15) is 0 Å². The number of carbonyl (C=O) groups is 2. The van der Waals surface area contributed by atoms with Crippen molar-refractivity contribution in [3.63, 3.8) is 0 Å². The summed E-state index contributed by atoms with van der Waals surface area (Å²) in [6, 6.07) is 0.501. The quantitative estimate of drug-likeness (QED) is 0.721.